The second-order valence-electron chi connectivity index (χ2n) is 11.3. The van der Waals surface area contributed by atoms with E-state index < -0.39 is 39.8 Å². The number of para-hydroxylation sites is 1. The molecule has 0 saturated heterocycles. The van der Waals surface area contributed by atoms with Gasteiger partial charge in [0.15, 0.2) is 5.82 Å². The second kappa shape index (κ2) is 12.4. The molecular weight excluding hydrogens is 619 g/mol. The van der Waals surface area contributed by atoms with Gasteiger partial charge in [0, 0.05) is 36.8 Å². The van der Waals surface area contributed by atoms with Crippen LogP contribution >= 0.6 is 0 Å². The molecule has 0 bridgehead atoms. The van der Waals surface area contributed by atoms with Crippen LogP contribution in [0.15, 0.2) is 59.8 Å². The maximum absolute atomic E-state index is 15.4. The second-order valence-corrected chi connectivity index (χ2v) is 12.7. The van der Waals surface area contributed by atoms with Crippen LogP contribution in [0.5, 0.6) is 17.2 Å². The SMILES string of the molecule is CCOC(=O)CCc1cccc2c1OCCC2(C)c1cn(C)c(-c2cc(Oc3c(F)c(F)c4[nH]ccc4c3[S+](C)[O-])ccc2F)n1. The van der Waals surface area contributed by atoms with Crippen LogP contribution in [0.4, 0.5) is 13.2 Å². The van der Waals surface area contributed by atoms with E-state index in [0.717, 1.165) is 17.2 Å². The maximum atomic E-state index is 15.4. The van der Waals surface area contributed by atoms with Crippen molar-refractivity contribution >= 4 is 28.0 Å². The topological polar surface area (TPSA) is 101 Å². The summed E-state index contributed by atoms with van der Waals surface area (Å²) in [5, 5.41) is 0.222. The Kier molecular flexibility index (Phi) is 8.51. The lowest BCUT2D eigenvalue weighted by atomic mass is 9.74. The van der Waals surface area contributed by atoms with E-state index in [1.54, 1.807) is 18.5 Å². The predicted octanol–water partition coefficient (Wildman–Crippen LogP) is 7.10. The fourth-order valence-corrected chi connectivity index (χ4v) is 6.87. The molecule has 1 N–H and O–H groups in total. The number of rotatable bonds is 9. The van der Waals surface area contributed by atoms with E-state index in [4.69, 9.17) is 19.2 Å². The van der Waals surface area contributed by atoms with Crippen molar-refractivity contribution in [3.8, 4) is 28.6 Å². The molecule has 0 aliphatic carbocycles. The van der Waals surface area contributed by atoms with Gasteiger partial charge in [0.2, 0.25) is 16.5 Å². The summed E-state index contributed by atoms with van der Waals surface area (Å²) < 4.78 is 76.8. The molecule has 240 valence electrons. The normalized spacial score (nSPS) is 16.6. The van der Waals surface area contributed by atoms with Gasteiger partial charge in [0.05, 0.1) is 35.4 Å². The fraction of sp³-hybridized carbons (Fsp3) is 0.294. The maximum Gasteiger partial charge on any atom is 0.306 e. The molecule has 0 radical (unpaired) electrons. The number of halogens is 3. The molecule has 2 unspecified atom stereocenters. The number of hydrogen-bond donors (Lipinski definition) is 1. The lowest BCUT2D eigenvalue weighted by Crippen LogP contribution is -2.32. The van der Waals surface area contributed by atoms with Gasteiger partial charge in [-0.25, -0.2) is 13.8 Å². The first-order valence-corrected chi connectivity index (χ1v) is 16.3. The van der Waals surface area contributed by atoms with Crippen molar-refractivity contribution in [2.75, 3.05) is 19.5 Å². The van der Waals surface area contributed by atoms with Crippen molar-refractivity contribution in [1.82, 2.24) is 14.5 Å². The van der Waals surface area contributed by atoms with Crippen LogP contribution in [-0.2, 0) is 39.6 Å². The molecule has 46 heavy (non-hydrogen) atoms. The number of carbonyl (C=O) groups excluding carboxylic acids is 1. The number of aromatic nitrogens is 3. The number of imidazole rings is 1. The van der Waals surface area contributed by atoms with Crippen molar-refractivity contribution < 1.29 is 36.7 Å². The quantitative estimate of drug-likeness (QED) is 0.135. The zero-order chi connectivity index (χ0) is 32.7. The summed E-state index contributed by atoms with van der Waals surface area (Å²) in [6, 6.07) is 11.1. The Morgan fingerprint density at radius 3 is 2.76 bits per heavy atom. The summed E-state index contributed by atoms with van der Waals surface area (Å²) >= 11 is -1.74. The van der Waals surface area contributed by atoms with Crippen molar-refractivity contribution in [3.63, 3.8) is 0 Å². The van der Waals surface area contributed by atoms with Crippen molar-refractivity contribution in [3.05, 3.63) is 89.1 Å². The summed E-state index contributed by atoms with van der Waals surface area (Å²) in [4.78, 5) is 19.5. The summed E-state index contributed by atoms with van der Waals surface area (Å²) in [6.45, 7) is 4.55. The number of ether oxygens (including phenoxy) is 3. The van der Waals surface area contributed by atoms with Gasteiger partial charge in [-0.15, -0.1) is 0 Å². The average Bonchev–Trinajstić information content (AvgIpc) is 3.67. The number of aromatic amines is 1. The van der Waals surface area contributed by atoms with Gasteiger partial charge < -0.3 is 28.3 Å². The Balaban J connectivity index is 1.36. The number of H-pyrrole nitrogens is 1. The van der Waals surface area contributed by atoms with E-state index in [-0.39, 0.29) is 45.3 Å². The van der Waals surface area contributed by atoms with Gasteiger partial charge in [0.1, 0.15) is 29.4 Å². The van der Waals surface area contributed by atoms with Gasteiger partial charge in [0.25, 0.3) is 0 Å². The molecule has 0 spiro atoms. The molecule has 2 aromatic heterocycles. The van der Waals surface area contributed by atoms with E-state index in [0.29, 0.717) is 37.5 Å². The number of nitrogens with zero attached hydrogens (tertiary/aromatic N) is 2. The number of hydrogen-bond acceptors (Lipinski definition) is 6. The van der Waals surface area contributed by atoms with Gasteiger partial charge in [-0.3, -0.25) is 4.79 Å². The van der Waals surface area contributed by atoms with Gasteiger partial charge in [-0.1, -0.05) is 18.2 Å². The van der Waals surface area contributed by atoms with Gasteiger partial charge >= 0.3 is 5.97 Å². The number of esters is 1. The number of benzene rings is 3. The lowest BCUT2D eigenvalue weighted by molar-refractivity contribution is -0.143. The molecule has 0 amide bonds. The van der Waals surface area contributed by atoms with Crippen LogP contribution in [0, 0.1) is 17.5 Å². The predicted molar refractivity (Wildman–Crippen MR) is 167 cm³/mol. The largest absolute Gasteiger partial charge is 0.612 e. The van der Waals surface area contributed by atoms with Crippen LogP contribution in [0.1, 0.15) is 43.5 Å². The van der Waals surface area contributed by atoms with E-state index in [9.17, 15) is 13.7 Å². The third-order valence-electron chi connectivity index (χ3n) is 8.38. The number of nitrogens with one attached hydrogen (secondary N) is 1. The van der Waals surface area contributed by atoms with Crippen LogP contribution in [0.25, 0.3) is 22.3 Å². The van der Waals surface area contributed by atoms with E-state index in [2.05, 4.69) is 4.98 Å². The number of carbonyl (C=O) groups is 1. The van der Waals surface area contributed by atoms with Gasteiger partial charge in [-0.05, 0) is 67.7 Å². The molecule has 1 aliphatic rings. The van der Waals surface area contributed by atoms with Crippen LogP contribution < -0.4 is 9.47 Å². The molecule has 3 aromatic carbocycles. The molecule has 12 heteroatoms. The first kappa shape index (κ1) is 31.6. The van der Waals surface area contributed by atoms with Crippen molar-refractivity contribution in [1.29, 1.82) is 0 Å². The van der Waals surface area contributed by atoms with Gasteiger partial charge in [-0.2, -0.15) is 4.39 Å². The highest BCUT2D eigenvalue weighted by atomic mass is 32.2. The third-order valence-corrected chi connectivity index (χ3v) is 9.36. The van der Waals surface area contributed by atoms with E-state index in [1.807, 2.05) is 31.3 Å². The summed E-state index contributed by atoms with van der Waals surface area (Å²) in [5.41, 5.74) is 1.83. The molecule has 0 fully saturated rings. The molecule has 8 nitrogen and oxygen atoms in total. The smallest absolute Gasteiger partial charge is 0.306 e. The van der Waals surface area contributed by atoms with Crippen LogP contribution in [0.2, 0.25) is 0 Å². The monoisotopic (exact) mass is 651 g/mol. The minimum atomic E-state index is -1.74. The average molecular weight is 652 g/mol. The molecule has 0 saturated carbocycles. The highest BCUT2D eigenvalue weighted by Gasteiger charge is 2.39. The fourth-order valence-electron chi connectivity index (χ4n) is 6.00. The highest BCUT2D eigenvalue weighted by Crippen LogP contribution is 2.46. The van der Waals surface area contributed by atoms with Crippen molar-refractivity contribution in [2.24, 2.45) is 7.05 Å². The minimum absolute atomic E-state index is 0.00898. The van der Waals surface area contributed by atoms with Crippen LogP contribution in [-0.4, -0.2) is 44.5 Å². The Bertz CT molecular complexity index is 1960. The molecule has 3 heterocycles. The molecule has 6 rings (SSSR count). The zero-order valence-corrected chi connectivity index (χ0v) is 26.5. The van der Waals surface area contributed by atoms with E-state index in [1.165, 1.54) is 30.7 Å². The summed E-state index contributed by atoms with van der Waals surface area (Å²) in [5.74, 6) is -2.89. The number of fused-ring (bicyclic) bond motifs is 2. The molecule has 1 aliphatic heterocycles. The van der Waals surface area contributed by atoms with E-state index >= 15 is 8.78 Å². The third kappa shape index (κ3) is 5.49. The summed E-state index contributed by atoms with van der Waals surface area (Å²) in [6.07, 6.45) is 5.88. The van der Waals surface area contributed by atoms with Crippen molar-refractivity contribution in [2.45, 2.75) is 43.4 Å². The Hall–Kier alpha value is -4.42. The first-order chi connectivity index (χ1) is 22.0. The Morgan fingerprint density at radius 1 is 1.20 bits per heavy atom. The lowest BCUT2D eigenvalue weighted by Gasteiger charge is -2.35. The zero-order valence-electron chi connectivity index (χ0n) is 25.7. The number of aryl methyl sites for hydroxylation is 2. The minimum Gasteiger partial charge on any atom is -0.612 e. The Morgan fingerprint density at radius 2 is 2.00 bits per heavy atom. The Labute approximate surface area is 266 Å². The first-order valence-electron chi connectivity index (χ1n) is 14.8. The summed E-state index contributed by atoms with van der Waals surface area (Å²) in [7, 11) is 1.74. The standard InChI is InChI=1S/C34H32F3N3O5S/c1-5-43-26(41)12-9-19-7-6-8-23-30(19)44-16-14-34(23,2)25-18-40(3)33(39-25)22-17-20(10-11-24(22)35)45-31-28(37)27(36)29-21(13-15-38-29)32(31)46(4)42/h6-8,10-11,13,15,17-18,38H,5,9,12,14,16H2,1-4H3. The molecule has 5 aromatic rings. The molecule has 2 atom stereocenters. The highest BCUT2D eigenvalue weighted by molar-refractivity contribution is 7.91. The molecular formula is C34H32F3N3O5S. The van der Waals surface area contributed by atoms with Crippen LogP contribution in [0.3, 0.4) is 0 Å².